The first-order valence-electron chi connectivity index (χ1n) is 7.73. The molecule has 1 amide bonds. The normalized spacial score (nSPS) is 10.8. The average molecular weight is 371 g/mol. The molecule has 0 unspecified atom stereocenters. The summed E-state index contributed by atoms with van der Waals surface area (Å²) in [4.78, 5) is 14.5. The Morgan fingerprint density at radius 3 is 2.72 bits per heavy atom. The second kappa shape index (κ2) is 8.70. The quantitative estimate of drug-likeness (QED) is 0.712. The molecule has 0 bridgehead atoms. The second-order valence-corrected chi connectivity index (χ2v) is 5.91. The van der Waals surface area contributed by atoms with Crippen LogP contribution in [0.1, 0.15) is 34.8 Å². The summed E-state index contributed by atoms with van der Waals surface area (Å²) in [6.07, 6.45) is 0.625. The molecule has 1 aromatic carbocycles. The minimum Gasteiger partial charge on any atom is -0.490 e. The van der Waals surface area contributed by atoms with Crippen molar-refractivity contribution in [2.24, 2.45) is 0 Å². The third kappa shape index (κ3) is 4.85. The van der Waals surface area contributed by atoms with Crippen molar-refractivity contribution in [1.82, 2.24) is 14.5 Å². The summed E-state index contributed by atoms with van der Waals surface area (Å²) in [6.45, 7) is 1.32. The lowest BCUT2D eigenvalue weighted by Crippen LogP contribution is -2.26. The Morgan fingerprint density at radius 1 is 1.32 bits per heavy atom. The molecule has 25 heavy (non-hydrogen) atoms. The van der Waals surface area contributed by atoms with Gasteiger partial charge in [0.15, 0.2) is 11.5 Å². The van der Waals surface area contributed by atoms with Crippen LogP contribution >= 0.6 is 11.5 Å². The van der Waals surface area contributed by atoms with Crippen molar-refractivity contribution in [2.75, 3.05) is 13.7 Å². The largest absolute Gasteiger partial charge is 0.490 e. The van der Waals surface area contributed by atoms with Gasteiger partial charge in [-0.05, 0) is 42.6 Å². The topological polar surface area (TPSA) is 64.5 Å². The third-order valence-corrected chi connectivity index (χ3v) is 4.13. The lowest BCUT2D eigenvalue weighted by molar-refractivity contribution is -0.0514. The van der Waals surface area contributed by atoms with Crippen LogP contribution in [-0.4, -0.2) is 40.7 Å². The van der Waals surface area contributed by atoms with Gasteiger partial charge in [0.25, 0.3) is 5.91 Å². The first-order valence-corrected chi connectivity index (χ1v) is 8.50. The fourth-order valence-electron chi connectivity index (χ4n) is 2.23. The number of carbonyl (C=O) groups excluding carboxylic acids is 1. The number of benzene rings is 1. The number of hydrogen-bond acceptors (Lipinski definition) is 6. The van der Waals surface area contributed by atoms with E-state index in [4.69, 9.17) is 4.74 Å². The second-order valence-electron chi connectivity index (χ2n) is 5.16. The molecule has 2 aromatic rings. The van der Waals surface area contributed by atoms with Crippen molar-refractivity contribution < 1.29 is 23.0 Å². The number of halogens is 2. The molecule has 0 saturated carbocycles. The first-order chi connectivity index (χ1) is 12.0. The number of rotatable bonds is 8. The Kier molecular flexibility index (Phi) is 6.63. The summed E-state index contributed by atoms with van der Waals surface area (Å²) < 4.78 is 38.5. The van der Waals surface area contributed by atoms with E-state index in [0.717, 1.165) is 17.1 Å². The molecular weight excluding hydrogens is 352 g/mol. The van der Waals surface area contributed by atoms with Gasteiger partial charge in [0.2, 0.25) is 0 Å². The molecule has 0 aliphatic carbocycles. The summed E-state index contributed by atoms with van der Waals surface area (Å²) in [5, 5.41) is 3.94. The monoisotopic (exact) mass is 371 g/mol. The van der Waals surface area contributed by atoms with Crippen LogP contribution in [0.15, 0.2) is 18.2 Å². The zero-order valence-corrected chi connectivity index (χ0v) is 15.0. The molecule has 1 aromatic heterocycles. The maximum Gasteiger partial charge on any atom is 0.387 e. The molecule has 0 fully saturated rings. The highest BCUT2D eigenvalue weighted by atomic mass is 32.1. The van der Waals surface area contributed by atoms with Gasteiger partial charge in [0.1, 0.15) is 4.88 Å². The lowest BCUT2D eigenvalue weighted by Gasteiger charge is -2.18. The minimum absolute atomic E-state index is 0.0329. The fourth-order valence-corrected chi connectivity index (χ4v) is 2.98. The van der Waals surface area contributed by atoms with Gasteiger partial charge in [-0.2, -0.15) is 8.78 Å². The SMILES string of the molecule is CCOc1cc(CN(C)C(=O)c2snnc2CC)ccc1OC(F)F. The van der Waals surface area contributed by atoms with Crippen LogP contribution < -0.4 is 9.47 Å². The molecule has 6 nitrogen and oxygen atoms in total. The Hall–Kier alpha value is -2.29. The number of alkyl halides is 2. The fraction of sp³-hybridized carbons (Fsp3) is 0.438. The lowest BCUT2D eigenvalue weighted by atomic mass is 10.2. The van der Waals surface area contributed by atoms with Crippen LogP contribution in [0.25, 0.3) is 0 Å². The summed E-state index contributed by atoms with van der Waals surface area (Å²) in [7, 11) is 1.66. The third-order valence-electron chi connectivity index (χ3n) is 3.38. The van der Waals surface area contributed by atoms with Gasteiger partial charge >= 0.3 is 6.61 Å². The van der Waals surface area contributed by atoms with Gasteiger partial charge in [-0.15, -0.1) is 5.10 Å². The van der Waals surface area contributed by atoms with Crippen LogP contribution in [0.5, 0.6) is 11.5 Å². The van der Waals surface area contributed by atoms with E-state index in [1.165, 1.54) is 11.0 Å². The molecule has 0 spiro atoms. The molecular formula is C16H19F2N3O3S. The maximum absolute atomic E-state index is 12.5. The Morgan fingerprint density at radius 2 is 2.08 bits per heavy atom. The van der Waals surface area contributed by atoms with Crippen LogP contribution in [-0.2, 0) is 13.0 Å². The number of hydrogen-bond donors (Lipinski definition) is 0. The van der Waals surface area contributed by atoms with Crippen molar-refractivity contribution in [3.63, 3.8) is 0 Å². The number of carbonyl (C=O) groups is 1. The molecule has 136 valence electrons. The van der Waals surface area contributed by atoms with E-state index in [9.17, 15) is 13.6 Å². The number of aryl methyl sites for hydroxylation is 1. The van der Waals surface area contributed by atoms with Crippen molar-refractivity contribution in [3.8, 4) is 11.5 Å². The van der Waals surface area contributed by atoms with E-state index in [-0.39, 0.29) is 24.0 Å². The molecule has 9 heteroatoms. The van der Waals surface area contributed by atoms with Gasteiger partial charge in [-0.25, -0.2) is 0 Å². The number of amides is 1. The Bertz CT molecular complexity index is 724. The van der Waals surface area contributed by atoms with Crippen LogP contribution in [0.4, 0.5) is 8.78 Å². The van der Waals surface area contributed by atoms with E-state index in [2.05, 4.69) is 14.3 Å². The zero-order valence-electron chi connectivity index (χ0n) is 14.2. The zero-order chi connectivity index (χ0) is 18.4. The standard InChI is InChI=1S/C16H19F2N3O3S/c1-4-11-14(25-20-19-11)15(22)21(3)9-10-6-7-12(24-16(17)18)13(8-10)23-5-2/h6-8,16H,4-5,9H2,1-3H3. The number of ether oxygens (including phenoxy) is 2. The van der Waals surface area contributed by atoms with E-state index in [0.29, 0.717) is 23.6 Å². The first kappa shape index (κ1) is 19.0. The summed E-state index contributed by atoms with van der Waals surface area (Å²) >= 11 is 1.06. The predicted molar refractivity (Wildman–Crippen MR) is 89.3 cm³/mol. The van der Waals surface area contributed by atoms with Gasteiger partial charge < -0.3 is 14.4 Å². The molecule has 0 aliphatic rings. The average Bonchev–Trinajstić information content (AvgIpc) is 3.05. The molecule has 1 heterocycles. The summed E-state index contributed by atoms with van der Waals surface area (Å²) in [5.41, 5.74) is 1.40. The summed E-state index contributed by atoms with van der Waals surface area (Å²) in [6, 6.07) is 4.63. The van der Waals surface area contributed by atoms with E-state index in [1.54, 1.807) is 26.1 Å². The van der Waals surface area contributed by atoms with Gasteiger partial charge in [-0.1, -0.05) is 17.5 Å². The summed E-state index contributed by atoms with van der Waals surface area (Å²) in [5.74, 6) is 0.00192. The van der Waals surface area contributed by atoms with Crippen LogP contribution in [0.3, 0.4) is 0 Å². The molecule has 0 N–H and O–H groups in total. The number of nitrogens with zero attached hydrogens (tertiary/aromatic N) is 3. The van der Waals surface area contributed by atoms with E-state index >= 15 is 0 Å². The smallest absolute Gasteiger partial charge is 0.387 e. The highest BCUT2D eigenvalue weighted by Crippen LogP contribution is 2.30. The molecule has 0 saturated heterocycles. The van der Waals surface area contributed by atoms with E-state index in [1.807, 2.05) is 6.92 Å². The number of aromatic nitrogens is 2. The molecule has 0 aliphatic heterocycles. The van der Waals surface area contributed by atoms with Crippen molar-refractivity contribution in [1.29, 1.82) is 0 Å². The van der Waals surface area contributed by atoms with Crippen molar-refractivity contribution in [2.45, 2.75) is 33.4 Å². The van der Waals surface area contributed by atoms with Crippen molar-refractivity contribution >= 4 is 17.4 Å². The van der Waals surface area contributed by atoms with Crippen LogP contribution in [0, 0.1) is 0 Å². The molecule has 0 atom stereocenters. The maximum atomic E-state index is 12.5. The van der Waals surface area contributed by atoms with E-state index < -0.39 is 6.61 Å². The van der Waals surface area contributed by atoms with Gasteiger partial charge in [-0.3, -0.25) is 4.79 Å². The van der Waals surface area contributed by atoms with Crippen LogP contribution in [0.2, 0.25) is 0 Å². The predicted octanol–water partition coefficient (Wildman–Crippen LogP) is 3.37. The highest BCUT2D eigenvalue weighted by molar-refractivity contribution is 7.07. The molecule has 0 radical (unpaired) electrons. The van der Waals surface area contributed by atoms with Gasteiger partial charge in [0, 0.05) is 13.6 Å². The molecule has 2 rings (SSSR count). The van der Waals surface area contributed by atoms with Crippen molar-refractivity contribution in [3.05, 3.63) is 34.3 Å². The minimum atomic E-state index is -2.93. The highest BCUT2D eigenvalue weighted by Gasteiger charge is 2.20. The van der Waals surface area contributed by atoms with Gasteiger partial charge in [0.05, 0.1) is 12.3 Å². The Balaban J connectivity index is 2.15. The Labute approximate surface area is 148 Å².